The molecular weight excluding hydrogens is 212 g/mol. The second kappa shape index (κ2) is 6.39. The van der Waals surface area contributed by atoms with Crippen LogP contribution in [0.4, 0.5) is 0 Å². The van der Waals surface area contributed by atoms with Gasteiger partial charge in [0.15, 0.2) is 5.69 Å². The minimum atomic E-state index is 0.395. The smallest absolute Gasteiger partial charge is 0.186 e. The zero-order chi connectivity index (χ0) is 12.8. The number of aryl methyl sites for hydroxylation is 1. The normalized spacial score (nSPS) is 11.1. The molecule has 1 rings (SSSR count). The van der Waals surface area contributed by atoms with Crippen LogP contribution in [0, 0.1) is 17.2 Å². The van der Waals surface area contributed by atoms with E-state index in [1.807, 2.05) is 4.68 Å². The fourth-order valence-corrected chi connectivity index (χ4v) is 2.03. The topological polar surface area (TPSA) is 54.5 Å². The second-order valence-electron chi connectivity index (χ2n) is 4.85. The lowest BCUT2D eigenvalue weighted by molar-refractivity contribution is 0.450. The highest BCUT2D eigenvalue weighted by atomic mass is 15.4. The predicted octanol–water partition coefficient (Wildman–Crippen LogP) is 3.10. The molecule has 0 N–H and O–H groups in total. The van der Waals surface area contributed by atoms with Crippen molar-refractivity contribution < 1.29 is 0 Å². The van der Waals surface area contributed by atoms with Gasteiger partial charge in [-0.25, -0.2) is 4.68 Å². The zero-order valence-corrected chi connectivity index (χ0v) is 11.3. The Bertz CT molecular complexity index is 383. The minimum Gasteiger partial charge on any atom is -0.248 e. The van der Waals surface area contributed by atoms with Crippen molar-refractivity contribution in [2.45, 2.75) is 59.4 Å². The number of aromatic nitrogens is 3. The summed E-state index contributed by atoms with van der Waals surface area (Å²) in [5, 5.41) is 17.2. The standard InChI is InChI=1S/C13H22N4/c1-5-11(6-2)13-12(9-14)15-16-17(13)8-7-10(3)4/h10-11H,5-8H2,1-4H3. The molecule has 0 aliphatic heterocycles. The SMILES string of the molecule is CCC(CC)c1c(C#N)nnn1CCC(C)C. The molecule has 0 aromatic carbocycles. The Hall–Kier alpha value is -1.37. The van der Waals surface area contributed by atoms with Crippen molar-refractivity contribution in [2.24, 2.45) is 5.92 Å². The van der Waals surface area contributed by atoms with E-state index in [-0.39, 0.29) is 0 Å². The van der Waals surface area contributed by atoms with Crippen LogP contribution in [0.2, 0.25) is 0 Å². The summed E-state index contributed by atoms with van der Waals surface area (Å²) in [6.07, 6.45) is 3.13. The van der Waals surface area contributed by atoms with Crippen LogP contribution < -0.4 is 0 Å². The first-order valence-corrected chi connectivity index (χ1v) is 6.47. The van der Waals surface area contributed by atoms with Crippen molar-refractivity contribution in [3.63, 3.8) is 0 Å². The molecule has 4 nitrogen and oxygen atoms in total. The zero-order valence-electron chi connectivity index (χ0n) is 11.3. The third-order valence-corrected chi connectivity index (χ3v) is 3.17. The molecule has 0 saturated heterocycles. The number of rotatable bonds is 6. The Morgan fingerprint density at radius 3 is 2.41 bits per heavy atom. The van der Waals surface area contributed by atoms with E-state index in [1.165, 1.54) is 0 Å². The highest BCUT2D eigenvalue weighted by Gasteiger charge is 2.19. The number of hydrogen-bond donors (Lipinski definition) is 0. The third-order valence-electron chi connectivity index (χ3n) is 3.17. The molecule has 0 bridgehead atoms. The summed E-state index contributed by atoms with van der Waals surface area (Å²) in [6, 6.07) is 2.16. The van der Waals surface area contributed by atoms with Crippen LogP contribution in [0.25, 0.3) is 0 Å². The first-order chi connectivity index (χ1) is 8.13. The Morgan fingerprint density at radius 2 is 1.94 bits per heavy atom. The van der Waals surface area contributed by atoms with E-state index >= 15 is 0 Å². The lowest BCUT2D eigenvalue weighted by atomic mass is 9.97. The van der Waals surface area contributed by atoms with E-state index in [1.54, 1.807) is 0 Å². The highest BCUT2D eigenvalue weighted by molar-refractivity contribution is 5.27. The molecule has 0 aliphatic rings. The molecule has 17 heavy (non-hydrogen) atoms. The maximum atomic E-state index is 9.08. The van der Waals surface area contributed by atoms with Gasteiger partial charge in [0.05, 0.1) is 5.69 Å². The van der Waals surface area contributed by atoms with Gasteiger partial charge in [0.2, 0.25) is 0 Å². The van der Waals surface area contributed by atoms with E-state index in [0.717, 1.165) is 31.5 Å². The molecule has 0 amide bonds. The van der Waals surface area contributed by atoms with Gasteiger partial charge < -0.3 is 0 Å². The largest absolute Gasteiger partial charge is 0.248 e. The van der Waals surface area contributed by atoms with Gasteiger partial charge in [-0.05, 0) is 25.2 Å². The molecule has 1 heterocycles. The van der Waals surface area contributed by atoms with E-state index < -0.39 is 0 Å². The van der Waals surface area contributed by atoms with Crippen molar-refractivity contribution in [1.82, 2.24) is 15.0 Å². The summed E-state index contributed by atoms with van der Waals surface area (Å²) in [4.78, 5) is 0. The predicted molar refractivity (Wildman–Crippen MR) is 67.5 cm³/mol. The van der Waals surface area contributed by atoms with E-state index in [2.05, 4.69) is 44.1 Å². The molecule has 4 heteroatoms. The molecule has 1 aromatic heterocycles. The lowest BCUT2D eigenvalue weighted by Crippen LogP contribution is -2.11. The summed E-state index contributed by atoms with van der Waals surface area (Å²) >= 11 is 0. The van der Waals surface area contributed by atoms with E-state index in [4.69, 9.17) is 5.26 Å². The van der Waals surface area contributed by atoms with Crippen molar-refractivity contribution in [3.05, 3.63) is 11.4 Å². The molecule has 0 aliphatic carbocycles. The summed E-state index contributed by atoms with van der Waals surface area (Å²) in [5.74, 6) is 1.03. The van der Waals surface area contributed by atoms with Gasteiger partial charge in [-0.3, -0.25) is 0 Å². The second-order valence-corrected chi connectivity index (χ2v) is 4.85. The Morgan fingerprint density at radius 1 is 1.29 bits per heavy atom. The van der Waals surface area contributed by atoms with Gasteiger partial charge in [-0.1, -0.05) is 32.9 Å². The van der Waals surface area contributed by atoms with E-state index in [9.17, 15) is 0 Å². The summed E-state index contributed by atoms with van der Waals surface area (Å²) in [6.45, 7) is 9.54. The average molecular weight is 234 g/mol. The van der Waals surface area contributed by atoms with Gasteiger partial charge in [-0.15, -0.1) is 5.10 Å². The van der Waals surface area contributed by atoms with Gasteiger partial charge >= 0.3 is 0 Å². The van der Waals surface area contributed by atoms with Crippen molar-refractivity contribution >= 4 is 0 Å². The molecule has 0 unspecified atom stereocenters. The number of hydrogen-bond acceptors (Lipinski definition) is 3. The van der Waals surface area contributed by atoms with Gasteiger partial charge in [-0.2, -0.15) is 5.26 Å². The molecule has 0 saturated carbocycles. The number of nitriles is 1. The molecular formula is C13H22N4. The van der Waals surface area contributed by atoms with Gasteiger partial charge in [0.25, 0.3) is 0 Å². The van der Waals surface area contributed by atoms with E-state index in [0.29, 0.717) is 17.5 Å². The monoisotopic (exact) mass is 234 g/mol. The van der Waals surface area contributed by atoms with Gasteiger partial charge in [0, 0.05) is 12.5 Å². The Balaban J connectivity index is 2.97. The summed E-state index contributed by atoms with van der Waals surface area (Å²) in [7, 11) is 0. The minimum absolute atomic E-state index is 0.395. The lowest BCUT2D eigenvalue weighted by Gasteiger charge is -2.15. The Kier molecular flexibility index (Phi) is 5.14. The van der Waals surface area contributed by atoms with Crippen molar-refractivity contribution in [3.8, 4) is 6.07 Å². The highest BCUT2D eigenvalue weighted by Crippen LogP contribution is 2.25. The maximum absolute atomic E-state index is 9.08. The fraction of sp³-hybridized carbons (Fsp3) is 0.769. The third kappa shape index (κ3) is 3.29. The van der Waals surface area contributed by atoms with Crippen molar-refractivity contribution in [1.29, 1.82) is 5.26 Å². The molecule has 0 radical (unpaired) electrons. The average Bonchev–Trinajstić information content (AvgIpc) is 2.71. The molecule has 0 atom stereocenters. The maximum Gasteiger partial charge on any atom is 0.186 e. The van der Waals surface area contributed by atoms with Crippen LogP contribution in [-0.2, 0) is 6.54 Å². The molecule has 0 fully saturated rings. The van der Waals surface area contributed by atoms with Crippen LogP contribution in [0.5, 0.6) is 0 Å². The van der Waals surface area contributed by atoms with Crippen LogP contribution in [0.3, 0.4) is 0 Å². The molecule has 0 spiro atoms. The first-order valence-electron chi connectivity index (χ1n) is 6.47. The fourth-order valence-electron chi connectivity index (χ4n) is 2.03. The summed E-state index contributed by atoms with van der Waals surface area (Å²) in [5.41, 5.74) is 1.53. The first kappa shape index (κ1) is 13.7. The van der Waals surface area contributed by atoms with Crippen LogP contribution in [0.1, 0.15) is 64.3 Å². The molecule has 94 valence electrons. The summed E-state index contributed by atoms with van der Waals surface area (Å²) < 4.78 is 1.93. The quantitative estimate of drug-likeness (QED) is 0.760. The Labute approximate surface area is 104 Å². The van der Waals surface area contributed by atoms with Crippen LogP contribution in [0.15, 0.2) is 0 Å². The molecule has 1 aromatic rings. The van der Waals surface area contributed by atoms with Crippen molar-refractivity contribution in [2.75, 3.05) is 0 Å². The number of nitrogens with zero attached hydrogens (tertiary/aromatic N) is 4. The van der Waals surface area contributed by atoms with Gasteiger partial charge in [0.1, 0.15) is 6.07 Å². The van der Waals surface area contributed by atoms with Crippen LogP contribution >= 0.6 is 0 Å². The van der Waals surface area contributed by atoms with Crippen LogP contribution in [-0.4, -0.2) is 15.0 Å².